The van der Waals surface area contributed by atoms with Gasteiger partial charge in [0.1, 0.15) is 11.5 Å². The number of alkyl halides is 6. The molecule has 0 aromatic heterocycles. The Morgan fingerprint density at radius 3 is 1.49 bits per heavy atom. The summed E-state index contributed by atoms with van der Waals surface area (Å²) in [5, 5.41) is 20.3. The molecule has 4 aromatic carbocycles. The third kappa shape index (κ3) is 15.9. The topological polar surface area (TPSA) is 82.5 Å². The van der Waals surface area contributed by atoms with E-state index in [4.69, 9.17) is 61.0 Å². The maximum Gasteiger partial charge on any atom is 1.00 e. The van der Waals surface area contributed by atoms with Crippen molar-refractivity contribution in [2.24, 2.45) is 0 Å². The Kier molecular flexibility index (Phi) is 24.5. The Morgan fingerprint density at radius 1 is 0.639 bits per heavy atom. The summed E-state index contributed by atoms with van der Waals surface area (Å²) in [4.78, 5) is 18.1. The first-order valence-electron chi connectivity index (χ1n) is 24.0. The predicted molar refractivity (Wildman–Crippen MR) is 272 cm³/mol. The molecule has 3 unspecified atom stereocenters. The number of benzene rings is 4. The van der Waals surface area contributed by atoms with Crippen molar-refractivity contribution >= 4 is 60.6 Å². The molecule has 0 bridgehead atoms. The third-order valence-electron chi connectivity index (χ3n) is 14.6. The number of carbonyl (C=O) groups is 1. The smallest absolute Gasteiger partial charge is 1.00 e. The van der Waals surface area contributed by atoms with Crippen molar-refractivity contribution in [3.05, 3.63) is 127 Å². The van der Waals surface area contributed by atoms with E-state index in [1.165, 1.54) is 24.3 Å². The zero-order valence-corrected chi connectivity index (χ0v) is 45.9. The molecule has 7 nitrogen and oxygen atoms in total. The van der Waals surface area contributed by atoms with Gasteiger partial charge in [-0.15, -0.1) is 0 Å². The first kappa shape index (κ1) is 62.3. The molecule has 2 N–H and O–H groups in total. The molecule has 4 fully saturated rings. The first-order chi connectivity index (χ1) is 33.4. The molecule has 3 atom stereocenters. The van der Waals surface area contributed by atoms with Gasteiger partial charge in [-0.05, 0) is 161 Å². The SMILES string of the molecule is CO.O=C(CN1CCCCC1CCOc1ccc(C(F)(F)F)cc1)C1(c2ccc(Cl)c(Cl)c2)CCC1.OC(CN1CCCCC1CCOc1ccc(C(F)(F)F)cc1)C1(c2ccc(Cl)c(Cl)c2)CCC1.[B].[H-].[Na+]. The van der Waals surface area contributed by atoms with E-state index in [-0.39, 0.29) is 62.7 Å². The number of aliphatic hydroxyl groups excluding tert-OH is 2. The second-order valence-electron chi connectivity index (χ2n) is 18.7. The minimum absolute atomic E-state index is 0. The fourth-order valence-corrected chi connectivity index (χ4v) is 10.9. The average Bonchev–Trinajstić information content (AvgIpc) is 3.30. The molecule has 19 heteroatoms. The van der Waals surface area contributed by atoms with E-state index in [9.17, 15) is 36.2 Å². The van der Waals surface area contributed by atoms with Crippen LogP contribution in [0.3, 0.4) is 0 Å². The monoisotopic (exact) mass is 1100 g/mol. The number of likely N-dealkylation sites (tertiary alicyclic amines) is 2. The fourth-order valence-electron chi connectivity index (χ4n) is 10.3. The molecule has 2 saturated carbocycles. The van der Waals surface area contributed by atoms with Crippen LogP contribution in [-0.4, -0.2) is 98.9 Å². The van der Waals surface area contributed by atoms with Gasteiger partial charge < -0.3 is 21.1 Å². The van der Waals surface area contributed by atoms with Gasteiger partial charge in [0.05, 0.1) is 62.5 Å². The summed E-state index contributed by atoms with van der Waals surface area (Å²) in [7, 11) is 1.00. The maximum atomic E-state index is 13.5. The molecule has 8 rings (SSSR count). The average molecular weight is 1100 g/mol. The zero-order valence-electron chi connectivity index (χ0n) is 41.8. The summed E-state index contributed by atoms with van der Waals surface area (Å²) >= 11 is 24.7. The van der Waals surface area contributed by atoms with Crippen molar-refractivity contribution in [3.8, 4) is 11.5 Å². The summed E-state index contributed by atoms with van der Waals surface area (Å²) in [6, 6.07) is 21.2. The van der Waals surface area contributed by atoms with Crippen LogP contribution in [0.15, 0.2) is 84.9 Å². The van der Waals surface area contributed by atoms with Gasteiger partial charge in [0.2, 0.25) is 0 Å². The molecule has 2 aliphatic heterocycles. The van der Waals surface area contributed by atoms with Crippen LogP contribution in [-0.2, 0) is 28.0 Å². The molecular weight excluding hydrogens is 1030 g/mol. The number of piperidine rings is 2. The molecule has 389 valence electrons. The van der Waals surface area contributed by atoms with E-state index in [1.807, 2.05) is 24.3 Å². The van der Waals surface area contributed by atoms with Gasteiger partial charge >= 0.3 is 41.9 Å². The normalized spacial score (nSPS) is 20.0. The number of Topliss-reactive ketones (excluding diaryl/α,β-unsaturated/α-hetero) is 1. The van der Waals surface area contributed by atoms with Crippen molar-refractivity contribution in [2.45, 2.75) is 131 Å². The van der Waals surface area contributed by atoms with Crippen LogP contribution in [0.1, 0.15) is 114 Å². The molecule has 2 aliphatic carbocycles. The molecule has 4 aromatic rings. The fraction of sp³-hybridized carbons (Fsp3) is 0.528. The van der Waals surface area contributed by atoms with E-state index in [1.54, 1.807) is 12.1 Å². The van der Waals surface area contributed by atoms with E-state index in [0.717, 1.165) is 139 Å². The number of hydrogen-bond donors (Lipinski definition) is 2. The minimum atomic E-state index is -4.36. The number of rotatable bonds is 16. The summed E-state index contributed by atoms with van der Waals surface area (Å²) < 4.78 is 87.9. The second-order valence-corrected chi connectivity index (χ2v) is 20.4. The number of hydrogen-bond acceptors (Lipinski definition) is 7. The summed E-state index contributed by atoms with van der Waals surface area (Å²) in [6.07, 6.45) is 4.14. The van der Waals surface area contributed by atoms with Gasteiger partial charge in [0, 0.05) is 39.6 Å². The van der Waals surface area contributed by atoms with Crippen molar-refractivity contribution in [1.29, 1.82) is 0 Å². The Hall–Kier alpha value is -2.21. The van der Waals surface area contributed by atoms with Gasteiger partial charge in [0.15, 0.2) is 5.78 Å². The third-order valence-corrected chi connectivity index (χ3v) is 16.1. The van der Waals surface area contributed by atoms with Crippen LogP contribution in [0.25, 0.3) is 0 Å². The number of halogens is 10. The quantitative estimate of drug-likeness (QED) is 0.0854. The molecule has 2 saturated heterocycles. The number of ketones is 1. The van der Waals surface area contributed by atoms with E-state index >= 15 is 0 Å². The van der Waals surface area contributed by atoms with Crippen molar-refractivity contribution < 1.29 is 81.8 Å². The Bertz CT molecular complexity index is 2320. The molecule has 4 aliphatic rings. The van der Waals surface area contributed by atoms with Crippen LogP contribution in [0.4, 0.5) is 26.3 Å². The molecular formula is C53H63BCl4F6N2NaO5. The molecule has 72 heavy (non-hydrogen) atoms. The van der Waals surface area contributed by atoms with Crippen molar-refractivity contribution in [1.82, 2.24) is 9.80 Å². The molecule has 0 amide bonds. The number of carbonyl (C=O) groups excluding carboxylic acids is 1. The van der Waals surface area contributed by atoms with Crippen LogP contribution in [0.2, 0.25) is 20.1 Å². The largest absolute Gasteiger partial charge is 1.00 e. The molecule has 2 heterocycles. The summed E-state index contributed by atoms with van der Waals surface area (Å²) in [6.45, 7) is 3.53. The van der Waals surface area contributed by atoms with Gasteiger partial charge in [0.25, 0.3) is 0 Å². The second kappa shape index (κ2) is 28.3. The Labute approximate surface area is 465 Å². The molecule has 3 radical (unpaired) electrons. The van der Waals surface area contributed by atoms with Crippen LogP contribution in [0, 0.1) is 0 Å². The van der Waals surface area contributed by atoms with E-state index in [0.29, 0.717) is 64.3 Å². The Balaban J connectivity index is 0.000000358. The zero-order chi connectivity index (χ0) is 50.7. The van der Waals surface area contributed by atoms with Gasteiger partial charge in [-0.25, -0.2) is 0 Å². The van der Waals surface area contributed by atoms with Crippen LogP contribution < -0.4 is 39.0 Å². The Morgan fingerprint density at radius 2 is 1.07 bits per heavy atom. The predicted octanol–water partition coefficient (Wildman–Crippen LogP) is 10.8. The van der Waals surface area contributed by atoms with E-state index < -0.39 is 35.0 Å². The first-order valence-corrected chi connectivity index (χ1v) is 25.5. The number of nitrogens with zero attached hydrogens (tertiary/aromatic N) is 2. The van der Waals surface area contributed by atoms with Gasteiger partial charge in [-0.2, -0.15) is 26.3 Å². The summed E-state index contributed by atoms with van der Waals surface area (Å²) in [5.41, 5.74) is -0.181. The van der Waals surface area contributed by atoms with Gasteiger partial charge in [-0.1, -0.05) is 84.2 Å². The number of ether oxygens (including phenoxy) is 2. The van der Waals surface area contributed by atoms with E-state index in [2.05, 4.69) is 9.80 Å². The number of aliphatic hydroxyl groups is 2. The minimum Gasteiger partial charge on any atom is -1.00 e. The number of β-amino-alcohol motifs (C(OH)–C–C–N with tert-alkyl or cyclic N) is 1. The maximum absolute atomic E-state index is 13.5. The van der Waals surface area contributed by atoms with Crippen molar-refractivity contribution in [3.63, 3.8) is 0 Å². The summed E-state index contributed by atoms with van der Waals surface area (Å²) in [5.74, 6) is 1.07. The van der Waals surface area contributed by atoms with Crippen molar-refractivity contribution in [2.75, 3.05) is 46.5 Å². The standard InChI is InChI=1S/C26H30Cl2F3NO2.C26H28Cl2F3NO2.CH4O.B.Na.H/c2*27-22-10-7-19(16-23(22)28)25(12-3-13-25)24(33)17-32-14-2-1-4-20(32)11-15-34-21-8-5-18(6-9-21)26(29,30)31;1-2;;;/h5-10,16,20,24,33H,1-4,11-15,17H2;5-10,16,20H,1-4,11-15,17H2;2H,1H3;;;/q;;;;+1;-1. The molecule has 0 spiro atoms. The van der Waals surface area contributed by atoms with Gasteiger partial charge in [-0.3, -0.25) is 14.6 Å². The van der Waals surface area contributed by atoms with Crippen LogP contribution in [0.5, 0.6) is 11.5 Å². The van der Waals surface area contributed by atoms with Crippen LogP contribution >= 0.6 is 46.4 Å².